The maximum absolute atomic E-state index is 12.5. The third-order valence-corrected chi connectivity index (χ3v) is 7.96. The van der Waals surface area contributed by atoms with Crippen molar-refractivity contribution in [3.63, 3.8) is 0 Å². The van der Waals surface area contributed by atoms with Gasteiger partial charge in [0.05, 0.1) is 40.8 Å². The SMILES string of the molecule is CC/C=C/C/C=C/C/C=C/CC(=O)OC(COCCC(C(=O)O)[N+](C)(C)C)COC(=O)CCCCC/C=C/C=C/CCCCCCCCC. The first-order valence-electron chi connectivity index (χ1n) is 18.8. The van der Waals surface area contributed by atoms with Crippen molar-refractivity contribution in [3.05, 3.63) is 60.8 Å². The number of carboxylic acids is 1. The summed E-state index contributed by atoms with van der Waals surface area (Å²) < 4.78 is 17.0. The fourth-order valence-electron chi connectivity index (χ4n) is 5.03. The fraction of sp³-hybridized carbons (Fsp3) is 0.683. The van der Waals surface area contributed by atoms with E-state index < -0.39 is 24.1 Å². The number of ether oxygens (including phenoxy) is 3. The van der Waals surface area contributed by atoms with Gasteiger partial charge in [0.15, 0.2) is 12.1 Å². The molecular formula is C41H70NO7+. The van der Waals surface area contributed by atoms with Gasteiger partial charge < -0.3 is 23.8 Å². The molecule has 0 aliphatic carbocycles. The first-order chi connectivity index (χ1) is 23.6. The summed E-state index contributed by atoms with van der Waals surface area (Å²) in [6.45, 7) is 4.44. The molecule has 0 aromatic carbocycles. The summed E-state index contributed by atoms with van der Waals surface area (Å²) in [6, 6.07) is -0.632. The number of quaternary nitrogens is 1. The standard InChI is InChI=1S/C41H69NO7/c1-6-8-10-12-14-16-17-18-19-20-21-22-24-25-27-29-31-39(43)48-36-37(35-47-34-33-38(41(45)46)42(3,4)5)49-40(44)32-30-28-26-23-15-13-11-9-7-2/h9,11,15,19-23,28,30,37-38H,6-8,10,12-14,16-18,24-27,29,31-36H2,1-5H3/p+1/b11-9+,20-19+,22-21+,23-15+,30-28+. The lowest BCUT2D eigenvalue weighted by molar-refractivity contribution is -0.887. The number of carbonyl (C=O) groups is 3. The number of esters is 2. The fourth-order valence-corrected chi connectivity index (χ4v) is 5.03. The lowest BCUT2D eigenvalue weighted by Crippen LogP contribution is -2.50. The highest BCUT2D eigenvalue weighted by molar-refractivity contribution is 5.72. The van der Waals surface area contributed by atoms with Gasteiger partial charge in [-0.15, -0.1) is 0 Å². The van der Waals surface area contributed by atoms with Crippen LogP contribution in [0, 0.1) is 0 Å². The van der Waals surface area contributed by atoms with E-state index in [0.29, 0.717) is 12.8 Å². The molecule has 0 aliphatic heterocycles. The van der Waals surface area contributed by atoms with E-state index in [0.717, 1.165) is 51.4 Å². The second-order valence-electron chi connectivity index (χ2n) is 13.5. The number of carboxylic acid groups (broad SMARTS) is 1. The van der Waals surface area contributed by atoms with E-state index in [4.69, 9.17) is 14.2 Å². The number of unbranched alkanes of at least 4 members (excludes halogenated alkanes) is 10. The second-order valence-corrected chi connectivity index (χ2v) is 13.5. The van der Waals surface area contributed by atoms with E-state index in [9.17, 15) is 19.5 Å². The Bertz CT molecular complexity index is 990. The van der Waals surface area contributed by atoms with Gasteiger partial charge in [0.2, 0.25) is 0 Å². The van der Waals surface area contributed by atoms with E-state index in [2.05, 4.69) is 56.4 Å². The molecule has 0 rings (SSSR count). The normalized spacial score (nSPS) is 13.7. The summed E-state index contributed by atoms with van der Waals surface area (Å²) in [5.41, 5.74) is 0. The maximum atomic E-state index is 12.5. The van der Waals surface area contributed by atoms with E-state index in [-0.39, 0.29) is 36.7 Å². The Morgan fingerprint density at radius 1 is 0.673 bits per heavy atom. The molecule has 0 aromatic rings. The number of aliphatic carboxylic acids is 1. The van der Waals surface area contributed by atoms with E-state index >= 15 is 0 Å². The Labute approximate surface area is 298 Å². The lowest BCUT2D eigenvalue weighted by atomic mass is 10.1. The molecule has 0 aliphatic rings. The van der Waals surface area contributed by atoms with Crippen molar-refractivity contribution < 1.29 is 38.2 Å². The molecule has 2 atom stereocenters. The minimum Gasteiger partial charge on any atom is -0.477 e. The first kappa shape index (κ1) is 46.0. The van der Waals surface area contributed by atoms with Gasteiger partial charge in [-0.05, 0) is 51.4 Å². The summed E-state index contributed by atoms with van der Waals surface area (Å²) in [4.78, 5) is 36.6. The molecule has 0 fully saturated rings. The Balaban J connectivity index is 4.51. The van der Waals surface area contributed by atoms with Crippen LogP contribution in [-0.2, 0) is 28.6 Å². The molecule has 0 amide bonds. The molecule has 2 unspecified atom stereocenters. The largest absolute Gasteiger partial charge is 0.477 e. The monoisotopic (exact) mass is 689 g/mol. The molecule has 0 aromatic heterocycles. The second kappa shape index (κ2) is 32.2. The molecule has 49 heavy (non-hydrogen) atoms. The molecule has 0 spiro atoms. The third-order valence-electron chi connectivity index (χ3n) is 7.96. The topological polar surface area (TPSA) is 99.1 Å². The number of nitrogens with zero attached hydrogens (tertiary/aromatic N) is 1. The van der Waals surface area contributed by atoms with Gasteiger partial charge in [0.1, 0.15) is 6.61 Å². The first-order valence-corrected chi connectivity index (χ1v) is 18.8. The van der Waals surface area contributed by atoms with Crippen molar-refractivity contribution >= 4 is 17.9 Å². The van der Waals surface area contributed by atoms with Crippen LogP contribution in [0.3, 0.4) is 0 Å². The molecule has 0 heterocycles. The number of likely N-dealkylation sites (N-methyl/N-ethyl adjacent to an activating group) is 1. The quantitative estimate of drug-likeness (QED) is 0.0247. The molecule has 8 nitrogen and oxygen atoms in total. The van der Waals surface area contributed by atoms with E-state index in [1.165, 1.54) is 44.9 Å². The lowest BCUT2D eigenvalue weighted by Gasteiger charge is -2.31. The summed E-state index contributed by atoms with van der Waals surface area (Å²) in [7, 11) is 5.47. The molecule has 1 N–H and O–H groups in total. The van der Waals surface area contributed by atoms with Gasteiger partial charge in [0, 0.05) is 12.8 Å². The highest BCUT2D eigenvalue weighted by atomic mass is 16.6. The Morgan fingerprint density at radius 3 is 1.84 bits per heavy atom. The average Bonchev–Trinajstić information content (AvgIpc) is 3.05. The molecule has 0 saturated carbocycles. The predicted molar refractivity (Wildman–Crippen MR) is 201 cm³/mol. The molecule has 8 heteroatoms. The van der Waals surface area contributed by atoms with Crippen molar-refractivity contribution in [2.75, 3.05) is 41.0 Å². The van der Waals surface area contributed by atoms with Gasteiger partial charge in [-0.2, -0.15) is 0 Å². The highest BCUT2D eigenvalue weighted by Crippen LogP contribution is 2.11. The Morgan fingerprint density at radius 2 is 1.24 bits per heavy atom. The summed E-state index contributed by atoms with van der Waals surface area (Å²) in [5.74, 6) is -1.67. The zero-order valence-corrected chi connectivity index (χ0v) is 31.6. The highest BCUT2D eigenvalue weighted by Gasteiger charge is 2.31. The molecule has 280 valence electrons. The maximum Gasteiger partial charge on any atom is 0.362 e. The van der Waals surface area contributed by atoms with Crippen LogP contribution in [0.5, 0.6) is 0 Å². The zero-order valence-electron chi connectivity index (χ0n) is 31.6. The van der Waals surface area contributed by atoms with Gasteiger partial charge in [-0.3, -0.25) is 9.59 Å². The summed E-state index contributed by atoms with van der Waals surface area (Å²) in [6.07, 6.45) is 37.4. The minimum atomic E-state index is -0.894. The summed E-state index contributed by atoms with van der Waals surface area (Å²) >= 11 is 0. The van der Waals surface area contributed by atoms with Crippen LogP contribution in [0.2, 0.25) is 0 Å². The van der Waals surface area contributed by atoms with Crippen molar-refractivity contribution in [2.24, 2.45) is 0 Å². The Hall–Kier alpha value is -2.97. The van der Waals surface area contributed by atoms with Crippen LogP contribution in [0.4, 0.5) is 0 Å². The van der Waals surface area contributed by atoms with Crippen LogP contribution in [0.1, 0.15) is 129 Å². The zero-order chi connectivity index (χ0) is 36.4. The van der Waals surface area contributed by atoms with Crippen molar-refractivity contribution in [3.8, 4) is 0 Å². The smallest absolute Gasteiger partial charge is 0.362 e. The molecular weight excluding hydrogens is 618 g/mol. The number of rotatable bonds is 32. The van der Waals surface area contributed by atoms with E-state index in [1.807, 2.05) is 33.3 Å². The third kappa shape index (κ3) is 30.8. The van der Waals surface area contributed by atoms with Crippen LogP contribution >= 0.6 is 0 Å². The number of carbonyl (C=O) groups excluding carboxylic acids is 2. The van der Waals surface area contributed by atoms with Gasteiger partial charge in [-0.25, -0.2) is 4.79 Å². The van der Waals surface area contributed by atoms with Crippen molar-refractivity contribution in [1.82, 2.24) is 0 Å². The van der Waals surface area contributed by atoms with Crippen LogP contribution in [0.25, 0.3) is 0 Å². The van der Waals surface area contributed by atoms with Gasteiger partial charge >= 0.3 is 17.9 Å². The molecule has 0 bridgehead atoms. The molecule has 0 saturated heterocycles. The van der Waals surface area contributed by atoms with Crippen LogP contribution < -0.4 is 0 Å². The minimum absolute atomic E-state index is 0.0139. The average molecular weight is 689 g/mol. The number of hydrogen-bond donors (Lipinski definition) is 1. The van der Waals surface area contributed by atoms with Gasteiger partial charge in [-0.1, -0.05) is 120 Å². The molecule has 0 radical (unpaired) electrons. The van der Waals surface area contributed by atoms with Crippen molar-refractivity contribution in [2.45, 2.75) is 142 Å². The van der Waals surface area contributed by atoms with Crippen LogP contribution in [-0.4, -0.2) is 80.6 Å². The summed E-state index contributed by atoms with van der Waals surface area (Å²) in [5, 5.41) is 9.56. The number of allylic oxidation sites excluding steroid dienone is 9. The number of hydrogen-bond acceptors (Lipinski definition) is 6. The van der Waals surface area contributed by atoms with Crippen LogP contribution in [0.15, 0.2) is 60.8 Å². The van der Waals surface area contributed by atoms with E-state index in [1.54, 1.807) is 6.08 Å². The predicted octanol–water partition coefficient (Wildman–Crippen LogP) is 9.46. The van der Waals surface area contributed by atoms with Crippen molar-refractivity contribution in [1.29, 1.82) is 0 Å². The Kier molecular flexibility index (Phi) is 30.3. The van der Waals surface area contributed by atoms with Gasteiger partial charge in [0.25, 0.3) is 0 Å².